The van der Waals surface area contributed by atoms with E-state index < -0.39 is 28.9 Å². The van der Waals surface area contributed by atoms with Crippen molar-refractivity contribution in [3.8, 4) is 0 Å². The lowest BCUT2D eigenvalue weighted by molar-refractivity contribution is -0.141. The van der Waals surface area contributed by atoms with Crippen LogP contribution in [0.4, 0.5) is 0 Å². The third-order valence-corrected chi connectivity index (χ3v) is 9.43. The maximum Gasteiger partial charge on any atom is 0.335 e. The van der Waals surface area contributed by atoms with Crippen molar-refractivity contribution in [1.82, 2.24) is 0 Å². The van der Waals surface area contributed by atoms with Crippen LogP contribution in [0, 0.1) is 22.2 Å². The highest BCUT2D eigenvalue weighted by Crippen LogP contribution is 2.65. The first-order chi connectivity index (χ1) is 14.3. The molecule has 0 unspecified atom stereocenters. The van der Waals surface area contributed by atoms with Gasteiger partial charge in [0, 0.05) is 11.8 Å². The lowest BCUT2D eigenvalue weighted by Gasteiger charge is -2.52. The van der Waals surface area contributed by atoms with Gasteiger partial charge in [-0.1, -0.05) is 40.7 Å². The Kier molecular flexibility index (Phi) is 5.03. The number of allylic oxidation sites excluding steroid dienone is 1. The third kappa shape index (κ3) is 3.12. The number of hydrogen-bond donors (Lipinski definition) is 3. The van der Waals surface area contributed by atoms with E-state index in [-0.39, 0.29) is 29.5 Å². The van der Waals surface area contributed by atoms with Crippen molar-refractivity contribution in [2.75, 3.05) is 0 Å². The van der Waals surface area contributed by atoms with E-state index >= 15 is 0 Å². The molecule has 4 aliphatic rings. The Morgan fingerprint density at radius 3 is 2.42 bits per heavy atom. The largest absolute Gasteiger partial charge is 0.481 e. The lowest BCUT2D eigenvalue weighted by atomic mass is 9.52. The molecule has 172 valence electrons. The number of aliphatic carboxylic acids is 2. The van der Waals surface area contributed by atoms with Crippen molar-refractivity contribution in [2.24, 2.45) is 22.2 Å². The highest BCUT2D eigenvalue weighted by atomic mass is 16.5. The zero-order valence-corrected chi connectivity index (χ0v) is 19.3. The molecule has 2 bridgehead atoms. The first-order valence-corrected chi connectivity index (χ1v) is 11.5. The quantitative estimate of drug-likeness (QED) is 0.577. The summed E-state index contributed by atoms with van der Waals surface area (Å²) >= 11 is 0. The molecule has 31 heavy (non-hydrogen) atoms. The monoisotopic (exact) mass is 432 g/mol. The summed E-state index contributed by atoms with van der Waals surface area (Å²) in [5.41, 5.74) is 0.192. The molecule has 6 nitrogen and oxygen atoms in total. The highest BCUT2D eigenvalue weighted by molar-refractivity contribution is 5.94. The summed E-state index contributed by atoms with van der Waals surface area (Å²) in [5.74, 6) is -2.04. The topological polar surface area (TPSA) is 104 Å². The molecule has 2 heterocycles. The SMILES string of the molecule is C[C@H](CC(=O)O)[C@]1(C)CC=C2C(C(=O)O)=C(C[C@]34CC[C@H](O3)C(C)(C)C4)C[C@@H](O)[C@]21C. The van der Waals surface area contributed by atoms with Gasteiger partial charge in [-0.05, 0) is 66.4 Å². The van der Waals surface area contributed by atoms with Gasteiger partial charge in [-0.15, -0.1) is 0 Å². The smallest absolute Gasteiger partial charge is 0.335 e. The molecule has 0 radical (unpaired) electrons. The van der Waals surface area contributed by atoms with Crippen LogP contribution in [0.15, 0.2) is 22.8 Å². The van der Waals surface area contributed by atoms with E-state index in [4.69, 9.17) is 4.74 Å². The zero-order chi connectivity index (χ0) is 23.0. The second-order valence-electron chi connectivity index (χ2n) is 11.6. The molecule has 0 saturated carbocycles. The molecule has 2 aliphatic carbocycles. The maximum atomic E-state index is 12.5. The summed E-state index contributed by atoms with van der Waals surface area (Å²) in [6.07, 6.45) is 5.61. The minimum Gasteiger partial charge on any atom is -0.481 e. The Bertz CT molecular complexity index is 884. The molecule has 0 aromatic carbocycles. The van der Waals surface area contributed by atoms with E-state index in [0.29, 0.717) is 30.4 Å². The minimum absolute atomic E-state index is 0.00761. The highest BCUT2D eigenvalue weighted by Gasteiger charge is 2.61. The number of carboxylic acid groups (broad SMARTS) is 2. The van der Waals surface area contributed by atoms with Gasteiger partial charge in [0.2, 0.25) is 0 Å². The number of carbonyl (C=O) groups is 2. The molecule has 2 fully saturated rings. The summed E-state index contributed by atoms with van der Waals surface area (Å²) in [5, 5.41) is 31.0. The van der Waals surface area contributed by atoms with Gasteiger partial charge in [-0.3, -0.25) is 4.79 Å². The standard InChI is InChI=1S/C25H36O6/c1-14(10-19(27)28)23(4)8-6-16-20(21(29)30)15(11-17(26)24(16,23)5)12-25-9-7-18(31-25)22(2,3)13-25/h6,14,17-18,26H,7-13H2,1-5H3,(H,27,28)(H,29,30)/t14-,17-,18+,23+,24+,25+/m1/s1. The second kappa shape index (κ2) is 6.92. The van der Waals surface area contributed by atoms with E-state index in [1.165, 1.54) is 0 Å². The van der Waals surface area contributed by atoms with Gasteiger partial charge in [0.25, 0.3) is 0 Å². The first-order valence-electron chi connectivity index (χ1n) is 11.5. The average Bonchev–Trinajstić information content (AvgIpc) is 3.24. The average molecular weight is 433 g/mol. The van der Waals surface area contributed by atoms with E-state index in [1.54, 1.807) is 0 Å². The zero-order valence-electron chi connectivity index (χ0n) is 19.3. The van der Waals surface area contributed by atoms with E-state index in [9.17, 15) is 24.9 Å². The number of ether oxygens (including phenoxy) is 1. The summed E-state index contributed by atoms with van der Waals surface area (Å²) < 4.78 is 6.41. The molecular weight excluding hydrogens is 396 g/mol. The Hall–Kier alpha value is -1.66. The van der Waals surface area contributed by atoms with Crippen LogP contribution in [-0.4, -0.2) is 45.1 Å². The Morgan fingerprint density at radius 2 is 1.90 bits per heavy atom. The summed E-state index contributed by atoms with van der Waals surface area (Å²) in [7, 11) is 0. The number of aliphatic hydroxyl groups excluding tert-OH is 1. The van der Waals surface area contributed by atoms with Crippen LogP contribution in [0.25, 0.3) is 0 Å². The van der Waals surface area contributed by atoms with Gasteiger partial charge in [0.1, 0.15) is 0 Å². The lowest BCUT2D eigenvalue weighted by Crippen LogP contribution is -2.51. The molecule has 2 aliphatic heterocycles. The van der Waals surface area contributed by atoms with Crippen LogP contribution >= 0.6 is 0 Å². The fourth-order valence-electron chi connectivity index (χ4n) is 7.34. The van der Waals surface area contributed by atoms with E-state index in [1.807, 2.05) is 26.8 Å². The van der Waals surface area contributed by atoms with Crippen LogP contribution in [-0.2, 0) is 14.3 Å². The maximum absolute atomic E-state index is 12.5. The van der Waals surface area contributed by atoms with E-state index in [2.05, 4.69) is 13.8 Å². The van der Waals surface area contributed by atoms with Crippen molar-refractivity contribution in [3.63, 3.8) is 0 Å². The molecule has 3 N–H and O–H groups in total. The normalized spacial score (nSPS) is 41.8. The van der Waals surface area contributed by atoms with Crippen LogP contribution in [0.5, 0.6) is 0 Å². The predicted molar refractivity (Wildman–Crippen MR) is 115 cm³/mol. The number of carboxylic acids is 2. The van der Waals surface area contributed by atoms with Gasteiger partial charge in [0.05, 0.1) is 23.4 Å². The summed E-state index contributed by atoms with van der Waals surface area (Å²) in [6, 6.07) is 0. The molecule has 0 aromatic rings. The molecule has 0 spiro atoms. The van der Waals surface area contributed by atoms with Crippen molar-refractivity contribution in [2.45, 2.75) is 97.4 Å². The molecular formula is C25H36O6. The van der Waals surface area contributed by atoms with Crippen LogP contribution in [0.2, 0.25) is 0 Å². The third-order valence-electron chi connectivity index (χ3n) is 9.43. The van der Waals surface area contributed by atoms with Crippen LogP contribution in [0.3, 0.4) is 0 Å². The molecule has 4 rings (SSSR count). The van der Waals surface area contributed by atoms with Gasteiger partial charge in [0.15, 0.2) is 0 Å². The van der Waals surface area contributed by atoms with Crippen molar-refractivity contribution >= 4 is 11.9 Å². The van der Waals surface area contributed by atoms with Crippen LogP contribution in [0.1, 0.15) is 79.6 Å². The summed E-state index contributed by atoms with van der Waals surface area (Å²) in [6.45, 7) is 10.3. The molecule has 6 atom stereocenters. The minimum atomic E-state index is -0.960. The molecule has 0 aromatic heterocycles. The Morgan fingerprint density at radius 1 is 1.23 bits per heavy atom. The van der Waals surface area contributed by atoms with Gasteiger partial charge >= 0.3 is 11.9 Å². The van der Waals surface area contributed by atoms with Gasteiger partial charge < -0.3 is 20.1 Å². The Balaban J connectivity index is 1.72. The van der Waals surface area contributed by atoms with Gasteiger partial charge in [-0.2, -0.15) is 0 Å². The fraction of sp³-hybridized carbons (Fsp3) is 0.760. The van der Waals surface area contributed by atoms with Crippen molar-refractivity contribution in [3.05, 3.63) is 22.8 Å². The fourth-order valence-corrected chi connectivity index (χ4v) is 7.34. The van der Waals surface area contributed by atoms with Crippen molar-refractivity contribution in [1.29, 1.82) is 0 Å². The van der Waals surface area contributed by atoms with Gasteiger partial charge in [-0.25, -0.2) is 4.79 Å². The number of fused-ring (bicyclic) bond motifs is 3. The molecule has 0 amide bonds. The van der Waals surface area contributed by atoms with Crippen molar-refractivity contribution < 1.29 is 29.6 Å². The number of hydrogen-bond acceptors (Lipinski definition) is 4. The number of rotatable bonds is 6. The van der Waals surface area contributed by atoms with E-state index in [0.717, 1.165) is 24.8 Å². The number of aliphatic hydroxyl groups is 1. The van der Waals surface area contributed by atoms with Crippen LogP contribution < -0.4 is 0 Å². The molecule has 2 saturated heterocycles. The Labute approximate surface area is 184 Å². The first kappa shape index (κ1) is 22.5. The second-order valence-corrected chi connectivity index (χ2v) is 11.6. The summed E-state index contributed by atoms with van der Waals surface area (Å²) in [4.78, 5) is 23.9. The molecule has 6 heteroatoms. The predicted octanol–water partition coefficient (Wildman–Crippen LogP) is 4.32.